The first-order valence-corrected chi connectivity index (χ1v) is 6.22. The van der Waals surface area contributed by atoms with Crippen molar-refractivity contribution in [1.82, 2.24) is 0 Å². The minimum absolute atomic E-state index is 0.342. The molecule has 0 unspecified atom stereocenters. The summed E-state index contributed by atoms with van der Waals surface area (Å²) < 4.78 is 10.2. The number of ether oxygens (including phenoxy) is 2. The van der Waals surface area contributed by atoms with Crippen molar-refractivity contribution in [2.24, 2.45) is 0 Å². The van der Waals surface area contributed by atoms with Crippen LogP contribution >= 0.6 is 11.8 Å². The average molecular weight is 252 g/mol. The van der Waals surface area contributed by atoms with Gasteiger partial charge in [0.2, 0.25) is 0 Å². The SMILES string of the molecule is C=C(C)C(=O)OCCSc1ccccc1OC. The van der Waals surface area contributed by atoms with Gasteiger partial charge in [0.25, 0.3) is 0 Å². The van der Waals surface area contributed by atoms with Gasteiger partial charge in [0.05, 0.1) is 7.11 Å². The molecular weight excluding hydrogens is 236 g/mol. The van der Waals surface area contributed by atoms with Crippen LogP contribution in [-0.4, -0.2) is 25.4 Å². The van der Waals surface area contributed by atoms with Crippen molar-refractivity contribution < 1.29 is 14.3 Å². The van der Waals surface area contributed by atoms with Crippen LogP contribution in [0.5, 0.6) is 5.75 Å². The average Bonchev–Trinajstić information content (AvgIpc) is 2.34. The van der Waals surface area contributed by atoms with Gasteiger partial charge in [-0.15, -0.1) is 11.8 Å². The molecule has 0 saturated carbocycles. The Bertz CT molecular complexity index is 401. The van der Waals surface area contributed by atoms with E-state index >= 15 is 0 Å². The molecule has 4 heteroatoms. The van der Waals surface area contributed by atoms with Crippen molar-refractivity contribution in [3.8, 4) is 5.75 Å². The van der Waals surface area contributed by atoms with E-state index in [1.54, 1.807) is 25.8 Å². The molecule has 0 aliphatic rings. The van der Waals surface area contributed by atoms with Gasteiger partial charge in [-0.05, 0) is 19.1 Å². The lowest BCUT2D eigenvalue weighted by Crippen LogP contribution is -2.07. The van der Waals surface area contributed by atoms with Crippen LogP contribution in [0.3, 0.4) is 0 Å². The summed E-state index contributed by atoms with van der Waals surface area (Å²) in [6.45, 7) is 5.52. The predicted molar refractivity (Wildman–Crippen MR) is 69.5 cm³/mol. The van der Waals surface area contributed by atoms with Crippen molar-refractivity contribution >= 4 is 17.7 Å². The third-order valence-corrected chi connectivity index (χ3v) is 3.01. The lowest BCUT2D eigenvalue weighted by atomic mass is 10.3. The number of para-hydroxylation sites is 1. The van der Waals surface area contributed by atoms with Crippen LogP contribution in [0, 0.1) is 0 Å². The molecule has 0 amide bonds. The minimum atomic E-state index is -0.342. The molecule has 1 rings (SSSR count). The Morgan fingerprint density at radius 3 is 2.76 bits per heavy atom. The quantitative estimate of drug-likeness (QED) is 0.337. The molecule has 0 fully saturated rings. The van der Waals surface area contributed by atoms with Crippen molar-refractivity contribution in [2.45, 2.75) is 11.8 Å². The van der Waals surface area contributed by atoms with Crippen molar-refractivity contribution in [3.63, 3.8) is 0 Å². The van der Waals surface area contributed by atoms with Crippen LogP contribution < -0.4 is 4.74 Å². The number of benzene rings is 1. The molecule has 0 aromatic heterocycles. The van der Waals surface area contributed by atoms with E-state index in [0.717, 1.165) is 10.6 Å². The molecule has 0 N–H and O–H groups in total. The van der Waals surface area contributed by atoms with Crippen LogP contribution in [0.25, 0.3) is 0 Å². The van der Waals surface area contributed by atoms with E-state index in [4.69, 9.17) is 9.47 Å². The van der Waals surface area contributed by atoms with Gasteiger partial charge in [0, 0.05) is 16.2 Å². The molecule has 1 aromatic rings. The molecule has 0 saturated heterocycles. The number of methoxy groups -OCH3 is 1. The lowest BCUT2D eigenvalue weighted by molar-refractivity contribution is -0.138. The summed E-state index contributed by atoms with van der Waals surface area (Å²) >= 11 is 1.59. The second-order valence-electron chi connectivity index (χ2n) is 3.42. The van der Waals surface area contributed by atoms with Crippen molar-refractivity contribution in [2.75, 3.05) is 19.5 Å². The summed E-state index contributed by atoms with van der Waals surface area (Å²) in [5.41, 5.74) is 0.423. The predicted octanol–water partition coefficient (Wildman–Crippen LogP) is 2.91. The van der Waals surface area contributed by atoms with Crippen LogP contribution in [0.2, 0.25) is 0 Å². The number of rotatable bonds is 6. The fraction of sp³-hybridized carbons (Fsp3) is 0.308. The maximum atomic E-state index is 11.1. The molecule has 0 aliphatic heterocycles. The summed E-state index contributed by atoms with van der Waals surface area (Å²) in [5, 5.41) is 0. The standard InChI is InChI=1S/C13H16O3S/c1-10(2)13(14)16-8-9-17-12-7-5-4-6-11(12)15-3/h4-7H,1,8-9H2,2-3H3. The van der Waals surface area contributed by atoms with E-state index in [2.05, 4.69) is 6.58 Å². The Balaban J connectivity index is 2.36. The van der Waals surface area contributed by atoms with Gasteiger partial charge in [-0.3, -0.25) is 0 Å². The first-order valence-electron chi connectivity index (χ1n) is 5.23. The van der Waals surface area contributed by atoms with E-state index in [0.29, 0.717) is 17.9 Å². The Hall–Kier alpha value is -1.42. The summed E-state index contributed by atoms with van der Waals surface area (Å²) in [6.07, 6.45) is 0. The van der Waals surface area contributed by atoms with Gasteiger partial charge >= 0.3 is 5.97 Å². The fourth-order valence-corrected chi connectivity index (χ4v) is 2.00. The molecule has 1 aromatic carbocycles. The van der Waals surface area contributed by atoms with Gasteiger partial charge in [0.1, 0.15) is 12.4 Å². The van der Waals surface area contributed by atoms with E-state index in [9.17, 15) is 4.79 Å². The van der Waals surface area contributed by atoms with Crippen LogP contribution in [0.15, 0.2) is 41.3 Å². The topological polar surface area (TPSA) is 35.5 Å². The normalized spacial score (nSPS) is 9.76. The van der Waals surface area contributed by atoms with Crippen LogP contribution in [0.1, 0.15) is 6.92 Å². The number of hydrogen-bond acceptors (Lipinski definition) is 4. The van der Waals surface area contributed by atoms with Gasteiger partial charge in [-0.25, -0.2) is 4.79 Å². The number of carbonyl (C=O) groups excluding carboxylic acids is 1. The third kappa shape index (κ3) is 4.53. The number of esters is 1. The highest BCUT2D eigenvalue weighted by atomic mass is 32.2. The van der Waals surface area contributed by atoms with Gasteiger partial charge in [-0.1, -0.05) is 18.7 Å². The summed E-state index contributed by atoms with van der Waals surface area (Å²) in [7, 11) is 1.64. The molecule has 0 atom stereocenters. The summed E-state index contributed by atoms with van der Waals surface area (Å²) in [5.74, 6) is 1.19. The molecule has 17 heavy (non-hydrogen) atoms. The maximum absolute atomic E-state index is 11.1. The third-order valence-electron chi connectivity index (χ3n) is 1.99. The van der Waals surface area contributed by atoms with Crippen LogP contribution in [0.4, 0.5) is 0 Å². The smallest absolute Gasteiger partial charge is 0.333 e. The zero-order valence-corrected chi connectivity index (χ0v) is 10.9. The molecule has 0 aliphatic carbocycles. The molecule has 92 valence electrons. The van der Waals surface area contributed by atoms with Gasteiger partial charge in [0.15, 0.2) is 0 Å². The molecule has 0 heterocycles. The van der Waals surface area contributed by atoms with Gasteiger partial charge < -0.3 is 9.47 Å². The highest BCUT2D eigenvalue weighted by Crippen LogP contribution is 2.28. The molecular formula is C13H16O3S. The Morgan fingerprint density at radius 1 is 1.41 bits per heavy atom. The minimum Gasteiger partial charge on any atom is -0.496 e. The van der Waals surface area contributed by atoms with E-state index in [1.165, 1.54) is 0 Å². The highest BCUT2D eigenvalue weighted by Gasteiger charge is 2.04. The second-order valence-corrected chi connectivity index (χ2v) is 4.55. The van der Waals surface area contributed by atoms with E-state index < -0.39 is 0 Å². The first-order chi connectivity index (χ1) is 8.15. The van der Waals surface area contributed by atoms with Crippen LogP contribution in [-0.2, 0) is 9.53 Å². The zero-order chi connectivity index (χ0) is 12.7. The number of hydrogen-bond donors (Lipinski definition) is 0. The Kier molecular flexibility index (Phi) is 5.63. The lowest BCUT2D eigenvalue weighted by Gasteiger charge is -2.07. The number of carbonyl (C=O) groups is 1. The van der Waals surface area contributed by atoms with E-state index in [-0.39, 0.29) is 5.97 Å². The largest absolute Gasteiger partial charge is 0.496 e. The number of thioether (sulfide) groups is 1. The molecule has 0 spiro atoms. The highest BCUT2D eigenvalue weighted by molar-refractivity contribution is 7.99. The molecule has 3 nitrogen and oxygen atoms in total. The summed E-state index contributed by atoms with van der Waals surface area (Å²) in [6, 6.07) is 7.75. The summed E-state index contributed by atoms with van der Waals surface area (Å²) in [4.78, 5) is 12.2. The van der Waals surface area contributed by atoms with Gasteiger partial charge in [-0.2, -0.15) is 0 Å². The van der Waals surface area contributed by atoms with Crippen molar-refractivity contribution in [1.29, 1.82) is 0 Å². The Labute approximate surface area is 106 Å². The Morgan fingerprint density at radius 2 is 2.12 bits per heavy atom. The molecule has 0 bridgehead atoms. The fourth-order valence-electron chi connectivity index (χ4n) is 1.15. The second kappa shape index (κ2) is 7.01. The maximum Gasteiger partial charge on any atom is 0.333 e. The van der Waals surface area contributed by atoms with Crippen molar-refractivity contribution in [3.05, 3.63) is 36.4 Å². The monoisotopic (exact) mass is 252 g/mol. The molecule has 0 radical (unpaired) electrons. The zero-order valence-electron chi connectivity index (χ0n) is 10.1. The first kappa shape index (κ1) is 13.6. The van der Waals surface area contributed by atoms with E-state index in [1.807, 2.05) is 24.3 Å².